The molecule has 0 atom stereocenters. The lowest BCUT2D eigenvalue weighted by molar-refractivity contribution is -0.148. The van der Waals surface area contributed by atoms with Crippen LogP contribution >= 0.6 is 47.5 Å². The highest BCUT2D eigenvalue weighted by Gasteiger charge is 2.34. The first-order valence-electron chi connectivity index (χ1n) is 15.8. The van der Waals surface area contributed by atoms with E-state index in [4.69, 9.17) is 0 Å². The molecule has 2 heterocycles. The molecule has 0 aliphatic carbocycles. The van der Waals surface area contributed by atoms with E-state index in [-0.39, 0.29) is 12.4 Å². The Labute approximate surface area is 304 Å². The highest BCUT2D eigenvalue weighted by atomic mass is 35.5. The molecular weight excluding hydrogens is 683 g/mol. The number of methoxy groups -OCH3 is 1. The Morgan fingerprint density at radius 2 is 1.27 bits per heavy atom. The van der Waals surface area contributed by atoms with Gasteiger partial charge in [-0.25, -0.2) is 4.79 Å². The predicted octanol–water partition coefficient (Wildman–Crippen LogP) is 8.40. The van der Waals surface area contributed by atoms with E-state index in [1.54, 1.807) is 11.8 Å². The summed E-state index contributed by atoms with van der Waals surface area (Å²) in [6.07, 6.45) is 4.12. The van der Waals surface area contributed by atoms with Gasteiger partial charge in [-0.1, -0.05) is 96.3 Å². The van der Waals surface area contributed by atoms with Gasteiger partial charge in [-0.15, -0.1) is 12.4 Å². The van der Waals surface area contributed by atoms with Crippen LogP contribution in [-0.2, 0) is 19.9 Å². The molecule has 48 heavy (non-hydrogen) atoms. The van der Waals surface area contributed by atoms with Crippen LogP contribution in [0, 0.1) is 0 Å². The predicted molar refractivity (Wildman–Crippen MR) is 200 cm³/mol. The second-order valence-corrected chi connectivity index (χ2v) is 14.1. The first-order valence-corrected chi connectivity index (χ1v) is 17.8. The lowest BCUT2D eigenvalue weighted by Crippen LogP contribution is -2.41. The lowest BCUT2D eigenvalue weighted by atomic mass is 9.84. The van der Waals surface area contributed by atoms with Crippen LogP contribution in [0.4, 0.5) is 0 Å². The molecule has 2 aliphatic rings. The van der Waals surface area contributed by atoms with E-state index in [1.165, 1.54) is 33.1 Å². The standard InChI is InChI=1S/C18H21NOS.C17H19NS.C3H3ClO3.ClH/c1-19-13-11-18(20,12-14-19)16-9-5-6-10-17(16)21-15-7-3-2-4-8-15;1-2-6-15(7-3-1)19-17-9-5-4-8-16(17)14-10-12-18-13-11-14;1-7-3(6)2(4)5;/h2-10,20H,11-14H2,1H3;1-9,14,18H,10-13H2;1H3;1H. The van der Waals surface area contributed by atoms with Gasteiger partial charge in [-0.2, -0.15) is 0 Å². The molecule has 0 bridgehead atoms. The first kappa shape index (κ1) is 39.6. The molecule has 0 unspecified atom stereocenters. The highest BCUT2D eigenvalue weighted by molar-refractivity contribution is 7.99. The molecule has 256 valence electrons. The summed E-state index contributed by atoms with van der Waals surface area (Å²) in [5.41, 5.74) is 1.91. The van der Waals surface area contributed by atoms with Gasteiger partial charge in [0.15, 0.2) is 0 Å². The van der Waals surface area contributed by atoms with Crippen molar-refractivity contribution in [1.82, 2.24) is 10.2 Å². The molecule has 0 amide bonds. The zero-order chi connectivity index (χ0) is 33.5. The number of halogens is 2. The van der Waals surface area contributed by atoms with Crippen LogP contribution < -0.4 is 5.32 Å². The Bertz CT molecular complexity index is 1550. The third-order valence-electron chi connectivity index (χ3n) is 8.19. The van der Waals surface area contributed by atoms with Gasteiger partial charge in [0.2, 0.25) is 0 Å². The largest absolute Gasteiger partial charge is 0.462 e. The number of nitrogens with zero attached hydrogens (tertiary/aromatic N) is 1. The van der Waals surface area contributed by atoms with Gasteiger partial charge in [0.25, 0.3) is 0 Å². The highest BCUT2D eigenvalue weighted by Crippen LogP contribution is 2.40. The van der Waals surface area contributed by atoms with Crippen LogP contribution in [0.25, 0.3) is 0 Å². The summed E-state index contributed by atoms with van der Waals surface area (Å²) in [6, 6.07) is 38.2. The number of nitrogens with one attached hydrogen (secondary N) is 1. The molecular formula is C38H44Cl2N2O4S2. The van der Waals surface area contributed by atoms with Gasteiger partial charge in [0.05, 0.1) is 12.7 Å². The van der Waals surface area contributed by atoms with Crippen molar-refractivity contribution in [2.45, 2.75) is 56.8 Å². The van der Waals surface area contributed by atoms with Crippen molar-refractivity contribution in [2.24, 2.45) is 0 Å². The number of esters is 1. The molecule has 6 rings (SSSR count). The van der Waals surface area contributed by atoms with Crippen LogP contribution in [0.5, 0.6) is 0 Å². The normalized spacial score (nSPS) is 15.8. The third-order valence-corrected chi connectivity index (χ3v) is 10.5. The Morgan fingerprint density at radius 3 is 1.79 bits per heavy atom. The number of aliphatic hydroxyl groups is 1. The summed E-state index contributed by atoms with van der Waals surface area (Å²) in [4.78, 5) is 26.9. The summed E-state index contributed by atoms with van der Waals surface area (Å²) in [5.74, 6) is -0.310. The van der Waals surface area contributed by atoms with Crippen LogP contribution in [-0.4, -0.2) is 61.6 Å². The lowest BCUT2D eigenvalue weighted by Gasteiger charge is -2.37. The monoisotopic (exact) mass is 726 g/mol. The molecule has 6 nitrogen and oxygen atoms in total. The molecule has 0 radical (unpaired) electrons. The van der Waals surface area contributed by atoms with Crippen LogP contribution in [0.2, 0.25) is 0 Å². The maximum atomic E-state index is 11.1. The van der Waals surface area contributed by atoms with Crippen molar-refractivity contribution < 1.29 is 19.4 Å². The van der Waals surface area contributed by atoms with Gasteiger partial charge in [0.1, 0.15) is 0 Å². The van der Waals surface area contributed by atoms with Crippen LogP contribution in [0.15, 0.2) is 129 Å². The Balaban J connectivity index is 0.000000215. The smallest absolute Gasteiger partial charge is 0.391 e. The third kappa shape index (κ3) is 12.3. The Kier molecular flexibility index (Phi) is 17.0. The summed E-state index contributed by atoms with van der Waals surface area (Å²) in [7, 11) is 3.20. The van der Waals surface area contributed by atoms with Crippen molar-refractivity contribution in [3.05, 3.63) is 120 Å². The summed E-state index contributed by atoms with van der Waals surface area (Å²) in [6.45, 7) is 4.19. The molecule has 2 fully saturated rings. The molecule has 2 aliphatic heterocycles. The number of hydrogen-bond donors (Lipinski definition) is 2. The second kappa shape index (κ2) is 20.6. The maximum Gasteiger partial charge on any atom is 0.391 e. The molecule has 4 aromatic rings. The molecule has 0 aromatic heterocycles. The van der Waals surface area contributed by atoms with E-state index in [1.807, 2.05) is 30.0 Å². The summed E-state index contributed by atoms with van der Waals surface area (Å²) < 4.78 is 3.89. The van der Waals surface area contributed by atoms with Gasteiger partial charge in [0, 0.05) is 32.7 Å². The number of carbonyl (C=O) groups excluding carboxylic acids is 2. The second-order valence-electron chi connectivity index (χ2n) is 11.5. The molecule has 0 spiro atoms. The quantitative estimate of drug-likeness (QED) is 0.112. The van der Waals surface area contributed by atoms with Crippen molar-refractivity contribution in [1.29, 1.82) is 0 Å². The topological polar surface area (TPSA) is 78.9 Å². The number of benzene rings is 4. The van der Waals surface area contributed by atoms with E-state index < -0.39 is 16.8 Å². The zero-order valence-electron chi connectivity index (χ0n) is 27.3. The fraction of sp³-hybridized carbons (Fsp3) is 0.316. The van der Waals surface area contributed by atoms with Crippen molar-refractivity contribution in [2.75, 3.05) is 40.3 Å². The van der Waals surface area contributed by atoms with E-state index in [9.17, 15) is 14.7 Å². The van der Waals surface area contributed by atoms with Crippen LogP contribution in [0.3, 0.4) is 0 Å². The molecule has 0 saturated carbocycles. The molecule has 2 N–H and O–H groups in total. The SMILES string of the molecule is CN1CCC(O)(c2ccccc2Sc2ccccc2)CC1.COC(=O)C(=O)Cl.Cl.c1ccc(Sc2ccccc2C2CCNCC2)cc1. The molecule has 4 aromatic carbocycles. The van der Waals surface area contributed by atoms with Gasteiger partial charge in [-0.05, 0) is 111 Å². The van der Waals surface area contributed by atoms with Gasteiger partial charge < -0.3 is 20.1 Å². The van der Waals surface area contributed by atoms with Crippen LogP contribution in [0.1, 0.15) is 42.7 Å². The van der Waals surface area contributed by atoms with Crippen molar-refractivity contribution in [3.63, 3.8) is 0 Å². The number of ether oxygens (including phenoxy) is 1. The van der Waals surface area contributed by atoms with Gasteiger partial charge in [-0.3, -0.25) is 4.79 Å². The Morgan fingerprint density at radius 1 is 0.792 bits per heavy atom. The fourth-order valence-electron chi connectivity index (χ4n) is 5.55. The number of likely N-dealkylation sites (tertiary alicyclic amines) is 1. The minimum Gasteiger partial charge on any atom is -0.462 e. The number of piperidine rings is 2. The zero-order valence-corrected chi connectivity index (χ0v) is 30.6. The average molecular weight is 728 g/mol. The number of carbonyl (C=O) groups is 2. The number of rotatable bonds is 7. The van der Waals surface area contributed by atoms with E-state index in [0.717, 1.165) is 56.6 Å². The molecule has 10 heteroatoms. The maximum absolute atomic E-state index is 11.1. The van der Waals surface area contributed by atoms with E-state index in [2.05, 4.69) is 125 Å². The number of hydrogen-bond acceptors (Lipinski definition) is 8. The fourth-order valence-corrected chi connectivity index (χ4v) is 7.74. The van der Waals surface area contributed by atoms with Crippen molar-refractivity contribution in [3.8, 4) is 0 Å². The first-order chi connectivity index (χ1) is 22.8. The van der Waals surface area contributed by atoms with E-state index in [0.29, 0.717) is 5.92 Å². The summed E-state index contributed by atoms with van der Waals surface area (Å²) in [5, 5.41) is 13.4. The average Bonchev–Trinajstić information content (AvgIpc) is 3.11. The summed E-state index contributed by atoms with van der Waals surface area (Å²) >= 11 is 8.24. The van der Waals surface area contributed by atoms with Crippen molar-refractivity contribution >= 4 is 58.7 Å². The Hall–Kier alpha value is -2.82. The minimum atomic E-state index is -1.09. The van der Waals surface area contributed by atoms with E-state index >= 15 is 0 Å². The molecule has 2 saturated heterocycles. The van der Waals surface area contributed by atoms with Gasteiger partial charge >= 0.3 is 11.2 Å². The minimum absolute atomic E-state index is 0.